The van der Waals surface area contributed by atoms with Gasteiger partial charge in [-0.2, -0.15) is 0 Å². The van der Waals surface area contributed by atoms with Gasteiger partial charge in [0.1, 0.15) is 5.75 Å². The topological polar surface area (TPSA) is 9.23 Å². The molecular formula is C10H14OS. The van der Waals surface area contributed by atoms with Gasteiger partial charge in [0.05, 0.1) is 6.61 Å². The van der Waals surface area contributed by atoms with Crippen LogP contribution in [0.1, 0.15) is 13.8 Å². The van der Waals surface area contributed by atoms with Crippen LogP contribution in [-0.2, 0) is 0 Å². The van der Waals surface area contributed by atoms with Crippen LogP contribution in [0.25, 0.3) is 0 Å². The van der Waals surface area contributed by atoms with Gasteiger partial charge in [0.25, 0.3) is 0 Å². The lowest BCUT2D eigenvalue weighted by molar-refractivity contribution is 0.332. The minimum Gasteiger partial charge on any atom is -0.493 e. The maximum absolute atomic E-state index is 5.47. The van der Waals surface area contributed by atoms with Crippen molar-refractivity contribution < 1.29 is 4.74 Å². The largest absolute Gasteiger partial charge is 0.493 e. The normalized spacial score (nSPS) is 9.83. The molecule has 0 amide bonds. The molecule has 0 aliphatic rings. The van der Waals surface area contributed by atoms with Gasteiger partial charge in [0.15, 0.2) is 0 Å². The fourth-order valence-electron chi connectivity index (χ4n) is 1.000. The Bertz CT molecular complexity index is 210. The first-order chi connectivity index (χ1) is 5.88. The standard InChI is InChI=1S/C10H14OS/c1-3-11-9-7-5-6-8-10(9)12-4-2/h5-8H,3-4H2,1-2H3. The first kappa shape index (κ1) is 9.46. The number of para-hydroxylation sites is 1. The maximum atomic E-state index is 5.47. The van der Waals surface area contributed by atoms with E-state index in [1.54, 1.807) is 0 Å². The highest BCUT2D eigenvalue weighted by atomic mass is 32.2. The summed E-state index contributed by atoms with van der Waals surface area (Å²) in [6.45, 7) is 4.89. The molecule has 12 heavy (non-hydrogen) atoms. The van der Waals surface area contributed by atoms with Crippen molar-refractivity contribution in [1.82, 2.24) is 0 Å². The van der Waals surface area contributed by atoms with Crippen LogP contribution in [0.15, 0.2) is 29.2 Å². The average molecular weight is 182 g/mol. The molecular weight excluding hydrogens is 168 g/mol. The van der Waals surface area contributed by atoms with E-state index in [1.165, 1.54) is 4.90 Å². The van der Waals surface area contributed by atoms with Crippen molar-refractivity contribution in [3.8, 4) is 5.75 Å². The Morgan fingerprint density at radius 3 is 2.67 bits per heavy atom. The fraction of sp³-hybridized carbons (Fsp3) is 0.400. The molecule has 1 rings (SSSR count). The number of rotatable bonds is 4. The van der Waals surface area contributed by atoms with Gasteiger partial charge < -0.3 is 4.74 Å². The van der Waals surface area contributed by atoms with Gasteiger partial charge in [-0.15, -0.1) is 11.8 Å². The predicted molar refractivity (Wildman–Crippen MR) is 54.0 cm³/mol. The molecule has 2 heteroatoms. The number of hydrogen-bond donors (Lipinski definition) is 0. The molecule has 1 aromatic rings. The molecule has 0 spiro atoms. The van der Waals surface area contributed by atoms with Gasteiger partial charge in [-0.05, 0) is 24.8 Å². The number of hydrogen-bond acceptors (Lipinski definition) is 2. The second kappa shape index (κ2) is 5.09. The Morgan fingerprint density at radius 2 is 2.00 bits per heavy atom. The van der Waals surface area contributed by atoms with E-state index in [9.17, 15) is 0 Å². The molecule has 1 nitrogen and oxygen atoms in total. The van der Waals surface area contributed by atoms with E-state index in [0.29, 0.717) is 0 Å². The molecule has 0 unspecified atom stereocenters. The van der Waals surface area contributed by atoms with E-state index < -0.39 is 0 Å². The smallest absolute Gasteiger partial charge is 0.132 e. The Hall–Kier alpha value is -0.630. The first-order valence-corrected chi connectivity index (χ1v) is 5.21. The molecule has 0 heterocycles. The molecule has 1 aromatic carbocycles. The quantitative estimate of drug-likeness (QED) is 0.661. The van der Waals surface area contributed by atoms with Crippen molar-refractivity contribution in [1.29, 1.82) is 0 Å². The Morgan fingerprint density at radius 1 is 1.25 bits per heavy atom. The molecule has 0 saturated heterocycles. The van der Waals surface area contributed by atoms with Crippen LogP contribution in [0, 0.1) is 0 Å². The Kier molecular flexibility index (Phi) is 4.01. The summed E-state index contributed by atoms with van der Waals surface area (Å²) in [6.07, 6.45) is 0. The number of benzene rings is 1. The van der Waals surface area contributed by atoms with Crippen molar-refractivity contribution in [2.45, 2.75) is 18.7 Å². The zero-order valence-corrected chi connectivity index (χ0v) is 8.36. The third-order valence-electron chi connectivity index (χ3n) is 1.45. The Labute approximate surface area is 78.1 Å². The highest BCUT2D eigenvalue weighted by Gasteiger charge is 1.99. The SMILES string of the molecule is CCOc1ccccc1SCC. The minimum atomic E-state index is 0.737. The number of ether oxygens (including phenoxy) is 1. The molecule has 66 valence electrons. The second-order valence-corrected chi connectivity index (χ2v) is 3.62. The lowest BCUT2D eigenvalue weighted by atomic mass is 10.3. The minimum absolute atomic E-state index is 0.737. The van der Waals surface area contributed by atoms with Crippen molar-refractivity contribution in [2.24, 2.45) is 0 Å². The van der Waals surface area contributed by atoms with Crippen LogP contribution in [0.4, 0.5) is 0 Å². The van der Waals surface area contributed by atoms with Crippen LogP contribution < -0.4 is 4.74 Å². The van der Waals surface area contributed by atoms with Gasteiger partial charge in [0, 0.05) is 4.90 Å². The highest BCUT2D eigenvalue weighted by molar-refractivity contribution is 7.99. The number of thioether (sulfide) groups is 1. The summed E-state index contributed by atoms with van der Waals surface area (Å²) in [5.41, 5.74) is 0. The average Bonchev–Trinajstić information content (AvgIpc) is 2.09. The summed E-state index contributed by atoms with van der Waals surface area (Å²) in [5, 5.41) is 0. The summed E-state index contributed by atoms with van der Waals surface area (Å²) in [4.78, 5) is 1.24. The molecule has 0 aliphatic carbocycles. The van der Waals surface area contributed by atoms with Crippen LogP contribution in [-0.4, -0.2) is 12.4 Å². The van der Waals surface area contributed by atoms with E-state index in [2.05, 4.69) is 13.0 Å². The van der Waals surface area contributed by atoms with Gasteiger partial charge in [-0.1, -0.05) is 19.1 Å². The molecule has 0 bridgehead atoms. The molecule has 0 fully saturated rings. The molecule has 0 aromatic heterocycles. The highest BCUT2D eigenvalue weighted by Crippen LogP contribution is 2.28. The van der Waals surface area contributed by atoms with Crippen LogP contribution >= 0.6 is 11.8 Å². The zero-order chi connectivity index (χ0) is 8.81. The Balaban J connectivity index is 2.77. The second-order valence-electron chi connectivity index (χ2n) is 2.31. The third-order valence-corrected chi connectivity index (χ3v) is 2.39. The molecule has 0 radical (unpaired) electrons. The third kappa shape index (κ3) is 2.45. The molecule has 0 N–H and O–H groups in total. The molecule has 0 aliphatic heterocycles. The maximum Gasteiger partial charge on any atom is 0.132 e. The summed E-state index contributed by atoms with van der Waals surface area (Å²) < 4.78 is 5.47. The van der Waals surface area contributed by atoms with Crippen molar-refractivity contribution in [2.75, 3.05) is 12.4 Å². The monoisotopic (exact) mass is 182 g/mol. The lowest BCUT2D eigenvalue weighted by Crippen LogP contribution is -1.92. The summed E-state index contributed by atoms with van der Waals surface area (Å²) in [6, 6.07) is 8.16. The van der Waals surface area contributed by atoms with E-state index in [0.717, 1.165) is 18.1 Å². The summed E-state index contributed by atoms with van der Waals surface area (Å²) in [5.74, 6) is 2.09. The van der Waals surface area contributed by atoms with Crippen molar-refractivity contribution in [3.63, 3.8) is 0 Å². The lowest BCUT2D eigenvalue weighted by Gasteiger charge is -2.07. The van der Waals surface area contributed by atoms with Gasteiger partial charge >= 0.3 is 0 Å². The van der Waals surface area contributed by atoms with Gasteiger partial charge in [0.2, 0.25) is 0 Å². The van der Waals surface area contributed by atoms with Gasteiger partial charge in [-0.25, -0.2) is 0 Å². The van der Waals surface area contributed by atoms with E-state index in [1.807, 2.05) is 36.9 Å². The van der Waals surface area contributed by atoms with Crippen LogP contribution in [0.2, 0.25) is 0 Å². The van der Waals surface area contributed by atoms with Gasteiger partial charge in [-0.3, -0.25) is 0 Å². The fourth-order valence-corrected chi connectivity index (χ4v) is 1.75. The van der Waals surface area contributed by atoms with Crippen LogP contribution in [0.3, 0.4) is 0 Å². The zero-order valence-electron chi connectivity index (χ0n) is 7.54. The van der Waals surface area contributed by atoms with Crippen LogP contribution in [0.5, 0.6) is 5.75 Å². The van der Waals surface area contributed by atoms with Crippen molar-refractivity contribution in [3.05, 3.63) is 24.3 Å². The predicted octanol–water partition coefficient (Wildman–Crippen LogP) is 3.20. The molecule has 0 saturated carbocycles. The summed E-state index contributed by atoms with van der Waals surface area (Å²) >= 11 is 1.82. The van der Waals surface area contributed by atoms with E-state index in [4.69, 9.17) is 4.74 Å². The van der Waals surface area contributed by atoms with Crippen molar-refractivity contribution >= 4 is 11.8 Å². The summed E-state index contributed by atoms with van der Waals surface area (Å²) in [7, 11) is 0. The van der Waals surface area contributed by atoms with E-state index in [-0.39, 0.29) is 0 Å². The van der Waals surface area contributed by atoms with E-state index >= 15 is 0 Å². The molecule has 0 atom stereocenters. The first-order valence-electron chi connectivity index (χ1n) is 4.23.